The lowest BCUT2D eigenvalue weighted by atomic mass is 9.94. The van der Waals surface area contributed by atoms with Crippen molar-refractivity contribution in [3.63, 3.8) is 0 Å². The summed E-state index contributed by atoms with van der Waals surface area (Å²) in [6, 6.07) is 11.9. The molecule has 0 radical (unpaired) electrons. The fourth-order valence-electron chi connectivity index (χ4n) is 21.2. The van der Waals surface area contributed by atoms with Crippen LogP contribution in [0.25, 0.3) is 32.7 Å². The minimum atomic E-state index is -2.78. The van der Waals surface area contributed by atoms with Gasteiger partial charge in [-0.3, -0.25) is 29.7 Å². The van der Waals surface area contributed by atoms with Crippen LogP contribution in [0.2, 0.25) is 0 Å². The van der Waals surface area contributed by atoms with Crippen molar-refractivity contribution in [2.24, 2.45) is 11.8 Å². The standard InChI is InChI=1S/C34H44F2N8O2.C31H36F3N9O2.C29H36F2N8O.C3H3FO2.6H2S/c1-22-15-29-27(17-38-44(29)30-8-4-5-14-45-30)31(23(22)2)42-13-10-26-28(19-42)39-33(46-20-25-16-34(35,36)21-41(25)3)40-32(26)43-12-6-7-24(18-43)9-11-37;1-18-11-25-24(13-36-39-25)27(19(18)2)41-8-6-23-26(15-41)37-30(45-16-22-12-31(33,34)17-40(22)4)38-28(23)42-9-10-43(29(44)20(3)32)21(14-42)5-7-35;1-18-11-24-23(13-33-36-24)26(19(18)2)38-10-7-22-25(15-38)34-28(40-16-21-12-29(30,31)17-37(21)3)35-27(22)39-9-4-5-20(14-39)6-8-32;1-2(4)3(5)6;;;;;;/h15,17,24-25,30H,4-10,12-14,16,18-21H2,1-3H3;11,13,21-22H,3,5-6,8-10,12,14-17H2,1-2,4H3,(H,36,39);11,13,20-21H,4-7,9-10,12,14-17H2,1-3H3,(H,33,36);1H2,(H,5,6);6*1H2/t24-,25-,30?;21-,22-;20-,21-;;;;;;;/m000......./s1. The van der Waals surface area contributed by atoms with Gasteiger partial charge in [0.25, 0.3) is 23.7 Å². The normalized spacial score (nSPS) is 21.6. The van der Waals surface area contributed by atoms with Crippen LogP contribution in [0, 0.1) is 87.4 Å². The van der Waals surface area contributed by atoms with Gasteiger partial charge in [-0.25, -0.2) is 40.2 Å². The molecule has 0 saturated carbocycles. The van der Waals surface area contributed by atoms with Crippen molar-refractivity contribution < 1.29 is 68.8 Å². The molecule has 3 aromatic carbocycles. The Morgan fingerprint density at radius 2 is 0.867 bits per heavy atom. The number of carboxylic acids is 1. The average molecular weight is 2100 g/mol. The van der Waals surface area contributed by atoms with E-state index in [0.717, 1.165) is 210 Å². The van der Waals surface area contributed by atoms with E-state index in [9.17, 15) is 60.5 Å². The molecule has 46 heteroatoms. The topological polar surface area (TPSA) is 348 Å². The predicted molar refractivity (Wildman–Crippen MR) is 563 cm³/mol. The fraction of sp³-hybridized carbons (Fsp3) is 0.567. The molecule has 9 aromatic rings. The molecule has 1 unspecified atom stereocenters. The van der Waals surface area contributed by atoms with E-state index in [-0.39, 0.29) is 189 Å². The van der Waals surface area contributed by atoms with E-state index in [1.54, 1.807) is 35.8 Å². The number of H-pyrrole nitrogens is 2. The molecule has 10 aliphatic heterocycles. The number of benzene rings is 3. The van der Waals surface area contributed by atoms with Crippen LogP contribution in [0.4, 0.5) is 69.6 Å². The van der Waals surface area contributed by atoms with Crippen LogP contribution in [0.5, 0.6) is 18.0 Å². The number of hydrogen-bond acceptors (Lipinski definition) is 27. The van der Waals surface area contributed by atoms with E-state index >= 15 is 0 Å². The second kappa shape index (κ2) is 48.9. The zero-order valence-corrected chi connectivity index (χ0v) is 88.1. The minimum absolute atomic E-state index is 0. The average Bonchev–Trinajstić information content (AvgIpc) is 0.822. The highest BCUT2D eigenvalue weighted by Crippen LogP contribution is 2.45. The summed E-state index contributed by atoms with van der Waals surface area (Å²) in [5, 5.41) is 58.4. The zero-order valence-electron chi connectivity index (χ0n) is 82.1. The molecular weight excluding hydrogens is 1970 g/mol. The number of nitrogens with one attached hydrogen (secondary N) is 2. The number of hydrogen-bond donors (Lipinski definition) is 3. The number of aliphatic carboxylic acids is 1. The first kappa shape index (κ1) is 115. The third-order valence-corrected chi connectivity index (χ3v) is 28.7. The number of halogens is 8. The lowest BCUT2D eigenvalue weighted by Crippen LogP contribution is -2.55. The van der Waals surface area contributed by atoms with Crippen molar-refractivity contribution in [1.29, 1.82) is 15.8 Å². The number of likely N-dealkylation sites (tertiary alicyclic amines) is 3. The Hall–Kier alpha value is -10.2. The number of likely N-dealkylation sites (N-methyl/N-ethyl adjacent to an activating group) is 3. The number of piperidine rings is 2. The largest absolute Gasteiger partial charge is 0.476 e. The second-order valence-corrected chi connectivity index (χ2v) is 38.3. The molecule has 0 spiro atoms. The zero-order chi connectivity index (χ0) is 97.2. The summed E-state index contributed by atoms with van der Waals surface area (Å²) < 4.78 is 136. The molecule has 3 N–H and O–H groups in total. The van der Waals surface area contributed by atoms with Gasteiger partial charge in [0.15, 0.2) is 12.1 Å². The summed E-state index contributed by atoms with van der Waals surface area (Å²) in [5.74, 6) is -10.1. The molecule has 6 aromatic heterocycles. The molecular formula is C97H131F8N25O7S6. The Balaban J connectivity index is 0.000000210. The van der Waals surface area contributed by atoms with E-state index < -0.39 is 65.5 Å². The third kappa shape index (κ3) is 25.9. The molecule has 7 saturated heterocycles. The Morgan fingerprint density at radius 3 is 1.22 bits per heavy atom. The Bertz CT molecular complexity index is 6150. The molecule has 7 atom stereocenters. The number of ether oxygens (including phenoxy) is 4. The predicted octanol–water partition coefficient (Wildman–Crippen LogP) is 14.8. The van der Waals surface area contributed by atoms with Crippen molar-refractivity contribution >= 4 is 160 Å². The van der Waals surface area contributed by atoms with Crippen LogP contribution in [0.3, 0.4) is 0 Å². The molecule has 32 nitrogen and oxygen atoms in total. The van der Waals surface area contributed by atoms with Crippen molar-refractivity contribution in [2.75, 3.05) is 162 Å². The number of carbonyl (C=O) groups is 2. The third-order valence-electron chi connectivity index (χ3n) is 28.7. The second-order valence-electron chi connectivity index (χ2n) is 38.3. The van der Waals surface area contributed by atoms with Crippen LogP contribution in [-0.4, -0.2) is 271 Å². The van der Waals surface area contributed by atoms with Crippen molar-refractivity contribution in [1.82, 2.24) is 79.7 Å². The lowest BCUT2D eigenvalue weighted by Gasteiger charge is -2.42. The summed E-state index contributed by atoms with van der Waals surface area (Å²) >= 11 is 0. The van der Waals surface area contributed by atoms with E-state index in [1.807, 2.05) is 28.2 Å². The number of fused-ring (bicyclic) bond motifs is 6. The smallest absolute Gasteiger partial charge is 0.364 e. The molecule has 143 heavy (non-hydrogen) atoms. The number of rotatable bonds is 21. The van der Waals surface area contributed by atoms with Crippen LogP contribution in [0.15, 0.2) is 61.6 Å². The Morgan fingerprint density at radius 1 is 0.483 bits per heavy atom. The number of carboxylic acid groups (broad SMARTS) is 1. The van der Waals surface area contributed by atoms with Gasteiger partial charge in [0.05, 0.1) is 139 Å². The van der Waals surface area contributed by atoms with Gasteiger partial charge in [0, 0.05) is 155 Å². The molecule has 1 amide bonds. The maximum atomic E-state index is 14.1. The number of nitrogens with zero attached hydrogens (tertiary/aromatic N) is 23. The number of alkyl halides is 6. The Kier molecular flexibility index (Phi) is 39.2. The number of piperazine rings is 1. The van der Waals surface area contributed by atoms with Crippen LogP contribution < -0.4 is 43.6 Å². The molecule has 19 rings (SSSR count). The van der Waals surface area contributed by atoms with Gasteiger partial charge in [0.2, 0.25) is 5.83 Å². The number of carbonyl (C=O) groups excluding carboxylic acids is 1. The van der Waals surface area contributed by atoms with Gasteiger partial charge in [-0.15, -0.1) is 0 Å². The molecule has 0 aliphatic carbocycles. The van der Waals surface area contributed by atoms with Crippen LogP contribution >= 0.6 is 81.0 Å². The number of aromatic amines is 2. The summed E-state index contributed by atoms with van der Waals surface area (Å²) in [4.78, 5) is 70.7. The SMILES string of the molecule is C=C(F)C(=O)N1CCN(c2nc(OC[C@@H]3CC(F)(F)CN3C)nc3c2CCN(c2c(C)c(C)cc4[nH]ncc24)C3)C[C@@H]1CC#N.C=C(F)C(=O)O.Cc1cc2[nH]ncc2c(N2CCc3c(nc(OC[C@@H]4CC(F)(F)CN4C)nc3N3CCC[C@@H](CC#N)C3)C2)c1C.Cc1cc2c(cnn2C2CCCCO2)c(N2CCc3c(nc(OC[C@@H]4CC(F)(F)CN4C)nc3N3CCC[C@@H](CC#N)C3)C2)c1C.S.S.S.S.S.S. The van der Waals surface area contributed by atoms with E-state index in [1.165, 1.54) is 27.2 Å². The highest BCUT2D eigenvalue weighted by atomic mass is 32.1. The van der Waals surface area contributed by atoms with Crippen molar-refractivity contribution in [3.8, 4) is 36.2 Å². The van der Waals surface area contributed by atoms with E-state index in [2.05, 4.69) is 136 Å². The fourth-order valence-corrected chi connectivity index (χ4v) is 21.2. The highest BCUT2D eigenvalue weighted by molar-refractivity contribution is 7.60. The number of nitriles is 3. The van der Waals surface area contributed by atoms with Crippen LogP contribution in [0.1, 0.15) is 157 Å². The summed E-state index contributed by atoms with van der Waals surface area (Å²) in [6.07, 6.45) is 15.3. The first-order valence-corrected chi connectivity index (χ1v) is 47.1. The van der Waals surface area contributed by atoms with Gasteiger partial charge < -0.3 is 58.4 Å². The van der Waals surface area contributed by atoms with E-state index in [0.29, 0.717) is 63.7 Å². The maximum Gasteiger partial charge on any atom is 0.364 e. The highest BCUT2D eigenvalue weighted by Gasteiger charge is 2.48. The molecule has 778 valence electrons. The van der Waals surface area contributed by atoms with Gasteiger partial charge >= 0.3 is 24.0 Å². The van der Waals surface area contributed by atoms with Crippen LogP contribution in [-0.2, 0) is 53.2 Å². The monoisotopic (exact) mass is 2100 g/mol. The number of aryl methyl sites for hydroxylation is 3. The number of anilines is 6. The molecule has 16 heterocycles. The summed E-state index contributed by atoms with van der Waals surface area (Å²) in [7, 11) is 5.06. The molecule has 0 bridgehead atoms. The Labute approximate surface area is 869 Å². The van der Waals surface area contributed by atoms with Gasteiger partial charge in [-0.2, -0.15) is 146 Å². The van der Waals surface area contributed by atoms with Crippen molar-refractivity contribution in [2.45, 2.75) is 212 Å². The summed E-state index contributed by atoms with van der Waals surface area (Å²) in [6.45, 7) is 26.4. The summed E-state index contributed by atoms with van der Waals surface area (Å²) in [5.41, 5.74) is 19.2. The maximum absolute atomic E-state index is 14.1. The quantitative estimate of drug-likeness (QED) is 0.0444. The molecule has 10 aliphatic rings. The van der Waals surface area contributed by atoms with E-state index in [4.69, 9.17) is 59.1 Å². The first-order chi connectivity index (χ1) is 65.5. The number of aromatic nitrogens is 12. The number of amides is 1. The minimum Gasteiger partial charge on any atom is -0.476 e. The van der Waals surface area contributed by atoms with Gasteiger partial charge in [-0.1, -0.05) is 13.2 Å². The molecule has 7 fully saturated rings. The first-order valence-electron chi connectivity index (χ1n) is 47.1. The van der Waals surface area contributed by atoms with Crippen molar-refractivity contribution in [3.05, 3.63) is 129 Å². The van der Waals surface area contributed by atoms with Gasteiger partial charge in [0.1, 0.15) is 37.3 Å². The lowest BCUT2D eigenvalue weighted by molar-refractivity contribution is -0.134. The van der Waals surface area contributed by atoms with Gasteiger partial charge in [-0.05, 0) is 190 Å².